The second kappa shape index (κ2) is 10.3. The molecule has 1 N–H and O–H groups in total. The van der Waals surface area contributed by atoms with E-state index < -0.39 is 0 Å². The van der Waals surface area contributed by atoms with Crippen LogP contribution in [0, 0.1) is 0 Å². The van der Waals surface area contributed by atoms with E-state index in [4.69, 9.17) is 16.3 Å². The van der Waals surface area contributed by atoms with Crippen molar-refractivity contribution in [3.63, 3.8) is 0 Å². The highest BCUT2D eigenvalue weighted by Gasteiger charge is 2.31. The van der Waals surface area contributed by atoms with Crippen LogP contribution >= 0.6 is 35.6 Å². The number of hydrogen-bond acceptors (Lipinski definition) is 3. The Bertz CT molecular complexity index is 634. The Kier molecular flexibility index (Phi) is 8.65. The third-order valence-electron chi connectivity index (χ3n) is 5.53. The number of morpholine rings is 1. The molecule has 152 valence electrons. The first-order chi connectivity index (χ1) is 12.5. The van der Waals surface area contributed by atoms with E-state index in [0.717, 1.165) is 62.5 Å². The summed E-state index contributed by atoms with van der Waals surface area (Å²) in [6.07, 6.45) is 1.19. The zero-order valence-corrected chi connectivity index (χ0v) is 19.7. The first kappa shape index (κ1) is 22.7. The number of rotatable bonds is 4. The number of likely N-dealkylation sites (tertiary alicyclic amines) is 1. The normalized spacial score (nSPS) is 21.9. The van der Waals surface area contributed by atoms with E-state index in [1.54, 1.807) is 0 Å². The number of hydrogen-bond donors (Lipinski definition) is 1. The van der Waals surface area contributed by atoms with Crippen LogP contribution in [0.25, 0.3) is 0 Å². The summed E-state index contributed by atoms with van der Waals surface area (Å²) in [5.74, 6) is 0.987. The number of nitrogens with one attached hydrogen (secondary N) is 1. The molecule has 2 saturated heterocycles. The quantitative estimate of drug-likeness (QED) is 0.387. The summed E-state index contributed by atoms with van der Waals surface area (Å²) in [5.41, 5.74) is 1.09. The van der Waals surface area contributed by atoms with Crippen molar-refractivity contribution in [2.24, 2.45) is 4.99 Å². The number of aliphatic imine (C=N–C) groups is 1. The average Bonchev–Trinajstić information content (AvgIpc) is 3.13. The maximum absolute atomic E-state index is 6.41. The Morgan fingerprint density at radius 1 is 1.26 bits per heavy atom. The van der Waals surface area contributed by atoms with Gasteiger partial charge < -0.3 is 15.0 Å². The molecule has 1 unspecified atom stereocenters. The summed E-state index contributed by atoms with van der Waals surface area (Å²) in [5, 5.41) is 4.40. The summed E-state index contributed by atoms with van der Waals surface area (Å²) >= 11 is 6.41. The molecule has 2 aliphatic rings. The number of nitrogens with zero attached hydrogens (tertiary/aromatic N) is 3. The van der Waals surface area contributed by atoms with Gasteiger partial charge in [-0.2, -0.15) is 0 Å². The SMILES string of the molecule is CN=C(NCC(C)(C)c1ccccc1Cl)N1CCC(N2CCOCC2)C1.I. The number of guanidine groups is 1. The van der Waals surface area contributed by atoms with Crippen molar-refractivity contribution < 1.29 is 4.74 Å². The molecular formula is C20H32ClIN4O. The predicted molar refractivity (Wildman–Crippen MR) is 124 cm³/mol. The van der Waals surface area contributed by atoms with Crippen LogP contribution in [0.4, 0.5) is 0 Å². The van der Waals surface area contributed by atoms with Crippen LogP contribution in [-0.4, -0.2) is 74.8 Å². The molecule has 0 radical (unpaired) electrons. The zero-order chi connectivity index (χ0) is 18.6. The highest BCUT2D eigenvalue weighted by molar-refractivity contribution is 14.0. The maximum atomic E-state index is 6.41. The number of halogens is 2. The molecule has 0 amide bonds. The molecule has 0 saturated carbocycles. The van der Waals surface area contributed by atoms with E-state index in [1.807, 2.05) is 25.2 Å². The van der Waals surface area contributed by atoms with Gasteiger partial charge in [0.2, 0.25) is 0 Å². The Hall–Kier alpha value is -0.570. The smallest absolute Gasteiger partial charge is 0.193 e. The van der Waals surface area contributed by atoms with Crippen molar-refractivity contribution in [3.8, 4) is 0 Å². The maximum Gasteiger partial charge on any atom is 0.193 e. The van der Waals surface area contributed by atoms with Crippen LogP contribution < -0.4 is 5.32 Å². The third-order valence-corrected chi connectivity index (χ3v) is 5.86. The van der Waals surface area contributed by atoms with Crippen LogP contribution in [0.3, 0.4) is 0 Å². The molecular weight excluding hydrogens is 475 g/mol. The molecule has 1 aromatic rings. The summed E-state index contributed by atoms with van der Waals surface area (Å²) < 4.78 is 5.48. The van der Waals surface area contributed by atoms with Gasteiger partial charge in [-0.3, -0.25) is 9.89 Å². The predicted octanol–water partition coefficient (Wildman–Crippen LogP) is 3.22. The van der Waals surface area contributed by atoms with Gasteiger partial charge in [0.15, 0.2) is 5.96 Å². The molecule has 5 nitrogen and oxygen atoms in total. The summed E-state index contributed by atoms with van der Waals surface area (Å²) in [7, 11) is 1.87. The van der Waals surface area contributed by atoms with Gasteiger partial charge in [0, 0.05) is 56.3 Å². The minimum absolute atomic E-state index is 0. The second-order valence-electron chi connectivity index (χ2n) is 7.80. The van der Waals surface area contributed by atoms with Crippen LogP contribution in [0.15, 0.2) is 29.3 Å². The molecule has 1 aromatic carbocycles. The van der Waals surface area contributed by atoms with E-state index in [-0.39, 0.29) is 29.4 Å². The van der Waals surface area contributed by atoms with Crippen LogP contribution in [-0.2, 0) is 10.2 Å². The van der Waals surface area contributed by atoms with Crippen LogP contribution in [0.5, 0.6) is 0 Å². The molecule has 0 spiro atoms. The molecule has 2 fully saturated rings. The largest absolute Gasteiger partial charge is 0.379 e. The highest BCUT2D eigenvalue weighted by Crippen LogP contribution is 2.29. The monoisotopic (exact) mass is 506 g/mol. The van der Waals surface area contributed by atoms with E-state index in [2.05, 4.69) is 40.0 Å². The van der Waals surface area contributed by atoms with Crippen molar-refractivity contribution in [2.75, 3.05) is 53.0 Å². The van der Waals surface area contributed by atoms with Crippen LogP contribution in [0.2, 0.25) is 5.02 Å². The Balaban J connectivity index is 0.00000261. The Labute approximate surface area is 185 Å². The van der Waals surface area contributed by atoms with Gasteiger partial charge >= 0.3 is 0 Å². The standard InChI is InChI=1S/C20H31ClN4O.HI/c1-20(2,17-6-4-5-7-18(17)21)15-23-19(22-3)25-9-8-16(14-25)24-10-12-26-13-11-24;/h4-7,16H,8-15H2,1-3H3,(H,22,23);1H. The fourth-order valence-electron chi connectivity index (χ4n) is 3.91. The molecule has 3 rings (SSSR count). The zero-order valence-electron chi connectivity index (χ0n) is 16.6. The van der Waals surface area contributed by atoms with E-state index >= 15 is 0 Å². The number of ether oxygens (including phenoxy) is 1. The minimum Gasteiger partial charge on any atom is -0.379 e. The summed E-state index contributed by atoms with van der Waals surface area (Å²) in [4.78, 5) is 9.46. The van der Waals surface area contributed by atoms with Gasteiger partial charge in [-0.05, 0) is 18.1 Å². The van der Waals surface area contributed by atoms with Crippen molar-refractivity contribution >= 4 is 41.5 Å². The first-order valence-corrected chi connectivity index (χ1v) is 9.91. The van der Waals surface area contributed by atoms with Gasteiger partial charge in [0.1, 0.15) is 0 Å². The van der Waals surface area contributed by atoms with E-state index in [1.165, 1.54) is 6.42 Å². The van der Waals surface area contributed by atoms with Gasteiger partial charge in [-0.15, -0.1) is 24.0 Å². The van der Waals surface area contributed by atoms with E-state index in [9.17, 15) is 0 Å². The van der Waals surface area contributed by atoms with E-state index in [0.29, 0.717) is 6.04 Å². The lowest BCUT2D eigenvalue weighted by Gasteiger charge is -2.33. The van der Waals surface area contributed by atoms with Crippen molar-refractivity contribution in [3.05, 3.63) is 34.9 Å². The van der Waals surface area contributed by atoms with Gasteiger partial charge in [-0.25, -0.2) is 0 Å². The molecule has 0 aliphatic carbocycles. The average molecular weight is 507 g/mol. The molecule has 1 atom stereocenters. The molecule has 27 heavy (non-hydrogen) atoms. The lowest BCUT2D eigenvalue weighted by molar-refractivity contribution is 0.0195. The third kappa shape index (κ3) is 5.71. The molecule has 0 aromatic heterocycles. The molecule has 0 bridgehead atoms. The Morgan fingerprint density at radius 2 is 1.96 bits per heavy atom. The van der Waals surface area contributed by atoms with Crippen molar-refractivity contribution in [1.29, 1.82) is 0 Å². The second-order valence-corrected chi connectivity index (χ2v) is 8.21. The lowest BCUT2D eigenvalue weighted by atomic mass is 9.84. The fraction of sp³-hybridized carbons (Fsp3) is 0.650. The topological polar surface area (TPSA) is 40.1 Å². The fourth-order valence-corrected chi connectivity index (χ4v) is 4.30. The van der Waals surface area contributed by atoms with Crippen molar-refractivity contribution in [1.82, 2.24) is 15.1 Å². The molecule has 2 heterocycles. The van der Waals surface area contributed by atoms with Gasteiger partial charge in [0.05, 0.1) is 13.2 Å². The molecule has 2 aliphatic heterocycles. The summed E-state index contributed by atoms with van der Waals surface area (Å²) in [6.45, 7) is 11.1. The van der Waals surface area contributed by atoms with Crippen LogP contribution in [0.1, 0.15) is 25.8 Å². The highest BCUT2D eigenvalue weighted by atomic mass is 127. The summed E-state index contributed by atoms with van der Waals surface area (Å²) in [6, 6.07) is 8.70. The Morgan fingerprint density at radius 3 is 2.63 bits per heavy atom. The number of benzene rings is 1. The van der Waals surface area contributed by atoms with Gasteiger partial charge in [0.25, 0.3) is 0 Å². The van der Waals surface area contributed by atoms with Gasteiger partial charge in [-0.1, -0.05) is 43.6 Å². The van der Waals surface area contributed by atoms with Crippen molar-refractivity contribution in [2.45, 2.75) is 31.7 Å². The molecule has 7 heteroatoms. The minimum atomic E-state index is -0.0718. The lowest BCUT2D eigenvalue weighted by Crippen LogP contribution is -2.48. The first-order valence-electron chi connectivity index (χ1n) is 9.53.